The summed E-state index contributed by atoms with van der Waals surface area (Å²) in [6.07, 6.45) is 1.53. The van der Waals surface area contributed by atoms with E-state index < -0.39 is 16.1 Å². The van der Waals surface area contributed by atoms with Crippen LogP contribution in [0, 0.1) is 6.92 Å². The number of aryl methyl sites for hydroxylation is 1. The van der Waals surface area contributed by atoms with Crippen molar-refractivity contribution in [2.24, 2.45) is 0 Å². The number of sulfonamides is 1. The minimum atomic E-state index is -3.59. The van der Waals surface area contributed by atoms with Crippen molar-refractivity contribution in [2.75, 3.05) is 22.9 Å². The third kappa shape index (κ3) is 6.56. The van der Waals surface area contributed by atoms with Gasteiger partial charge in [0, 0.05) is 18.1 Å². The molecule has 0 spiro atoms. The number of nitrogens with one attached hydrogen (secondary N) is 1. The number of benzene rings is 2. The van der Waals surface area contributed by atoms with Crippen LogP contribution < -0.4 is 9.62 Å². The monoisotopic (exact) mass is 420 g/mol. The number of carbonyl (C=O) groups is 1. The summed E-state index contributed by atoms with van der Waals surface area (Å²) in [6.45, 7) is 4.25. The molecule has 2 aromatic carbocycles. The molecule has 0 heterocycles. The van der Waals surface area contributed by atoms with Crippen LogP contribution in [0.5, 0.6) is 0 Å². The summed E-state index contributed by atoms with van der Waals surface area (Å²) < 4.78 is 26.0. The second-order valence-electron chi connectivity index (χ2n) is 6.65. The Morgan fingerprint density at radius 3 is 2.32 bits per heavy atom. The van der Waals surface area contributed by atoms with E-state index in [2.05, 4.69) is 17.4 Å². The Morgan fingerprint density at radius 1 is 1.11 bits per heavy atom. The molecule has 0 saturated heterocycles. The van der Waals surface area contributed by atoms with Gasteiger partial charge in [-0.25, -0.2) is 8.42 Å². The van der Waals surface area contributed by atoms with Crippen LogP contribution in [0.3, 0.4) is 0 Å². The van der Waals surface area contributed by atoms with Crippen molar-refractivity contribution in [1.82, 2.24) is 5.32 Å². The molecule has 5 nitrogen and oxygen atoms in total. The molecular weight excluding hydrogens is 392 g/mol. The van der Waals surface area contributed by atoms with Crippen molar-refractivity contribution in [2.45, 2.75) is 32.1 Å². The average Bonchev–Trinajstić information content (AvgIpc) is 2.66. The molecule has 0 aliphatic rings. The Balaban J connectivity index is 1.96. The van der Waals surface area contributed by atoms with Crippen LogP contribution in [-0.4, -0.2) is 38.9 Å². The first kappa shape index (κ1) is 22.3. The first-order valence-corrected chi connectivity index (χ1v) is 12.3. The number of carbonyl (C=O) groups excluding carboxylic acids is 1. The summed E-state index contributed by atoms with van der Waals surface area (Å²) in [5, 5.41) is 2.89. The largest absolute Gasteiger partial charge is 0.353 e. The van der Waals surface area contributed by atoms with Crippen molar-refractivity contribution in [1.29, 1.82) is 0 Å². The van der Waals surface area contributed by atoms with E-state index in [1.165, 1.54) is 9.87 Å². The molecule has 0 aliphatic carbocycles. The third-order valence-corrected chi connectivity index (χ3v) is 6.49. The molecule has 28 heavy (non-hydrogen) atoms. The molecule has 0 radical (unpaired) electrons. The Labute approximate surface area is 172 Å². The number of rotatable bonds is 10. The lowest BCUT2D eigenvalue weighted by molar-refractivity contribution is -0.122. The number of hydrogen-bond donors (Lipinski definition) is 1. The van der Waals surface area contributed by atoms with Crippen molar-refractivity contribution in [3.05, 3.63) is 65.7 Å². The lowest BCUT2D eigenvalue weighted by Crippen LogP contribution is -2.49. The first-order valence-electron chi connectivity index (χ1n) is 9.28. The van der Waals surface area contributed by atoms with E-state index in [1.807, 2.05) is 44.2 Å². The van der Waals surface area contributed by atoms with E-state index in [4.69, 9.17) is 0 Å². The van der Waals surface area contributed by atoms with Gasteiger partial charge >= 0.3 is 0 Å². The fourth-order valence-electron chi connectivity index (χ4n) is 2.88. The van der Waals surface area contributed by atoms with Crippen LogP contribution in [0.1, 0.15) is 24.5 Å². The van der Waals surface area contributed by atoms with Crippen LogP contribution in [0.2, 0.25) is 0 Å². The van der Waals surface area contributed by atoms with Gasteiger partial charge in [0.15, 0.2) is 0 Å². The Bertz CT molecular complexity index is 853. The molecule has 0 saturated carbocycles. The Kier molecular flexibility index (Phi) is 8.38. The normalized spacial score (nSPS) is 12.4. The molecule has 0 fully saturated rings. The first-order chi connectivity index (χ1) is 13.3. The fraction of sp³-hybridized carbons (Fsp3) is 0.381. The van der Waals surface area contributed by atoms with E-state index in [9.17, 15) is 13.2 Å². The highest BCUT2D eigenvalue weighted by Crippen LogP contribution is 2.23. The number of amides is 1. The zero-order valence-electron chi connectivity index (χ0n) is 16.6. The molecule has 7 heteroatoms. The minimum absolute atomic E-state index is 0.270. The zero-order valence-corrected chi connectivity index (χ0v) is 18.2. The summed E-state index contributed by atoms with van der Waals surface area (Å²) in [4.78, 5) is 12.7. The highest BCUT2D eigenvalue weighted by molar-refractivity contribution is 7.98. The molecule has 1 N–H and O–H groups in total. The lowest BCUT2D eigenvalue weighted by Gasteiger charge is -2.30. The van der Waals surface area contributed by atoms with Gasteiger partial charge in [0.2, 0.25) is 15.9 Å². The van der Waals surface area contributed by atoms with Gasteiger partial charge in [0.25, 0.3) is 0 Å². The van der Waals surface area contributed by atoms with Crippen LogP contribution in [-0.2, 0) is 20.6 Å². The molecule has 0 aromatic heterocycles. The lowest BCUT2D eigenvalue weighted by atomic mass is 10.1. The summed E-state index contributed by atoms with van der Waals surface area (Å²) in [6, 6.07) is 16.6. The predicted molar refractivity (Wildman–Crippen MR) is 118 cm³/mol. The van der Waals surface area contributed by atoms with E-state index in [0.29, 0.717) is 18.7 Å². The van der Waals surface area contributed by atoms with Gasteiger partial charge in [0.1, 0.15) is 6.04 Å². The molecule has 2 aromatic rings. The number of anilines is 1. The van der Waals surface area contributed by atoms with Crippen molar-refractivity contribution < 1.29 is 13.2 Å². The van der Waals surface area contributed by atoms with Gasteiger partial charge in [-0.2, -0.15) is 11.8 Å². The Hall–Kier alpha value is -1.99. The highest BCUT2D eigenvalue weighted by Gasteiger charge is 2.31. The van der Waals surface area contributed by atoms with Crippen molar-refractivity contribution in [3.8, 4) is 0 Å². The average molecular weight is 421 g/mol. The topological polar surface area (TPSA) is 66.5 Å². The molecule has 0 unspecified atom stereocenters. The van der Waals surface area contributed by atoms with Gasteiger partial charge in [-0.3, -0.25) is 9.10 Å². The summed E-state index contributed by atoms with van der Waals surface area (Å²) in [5.41, 5.74) is 2.78. The molecule has 0 aliphatic heterocycles. The maximum absolute atomic E-state index is 12.7. The minimum Gasteiger partial charge on any atom is -0.353 e. The molecule has 1 amide bonds. The van der Waals surface area contributed by atoms with E-state index in [0.717, 1.165) is 23.3 Å². The molecular formula is C21H28N2O3S2. The van der Waals surface area contributed by atoms with Crippen LogP contribution in [0.15, 0.2) is 54.6 Å². The van der Waals surface area contributed by atoms with E-state index >= 15 is 0 Å². The number of hydrogen-bond acceptors (Lipinski definition) is 4. The molecule has 0 bridgehead atoms. The van der Waals surface area contributed by atoms with Gasteiger partial charge in [-0.1, -0.05) is 55.0 Å². The molecule has 1 atom stereocenters. The van der Waals surface area contributed by atoms with Crippen LogP contribution in [0.4, 0.5) is 5.69 Å². The summed E-state index contributed by atoms with van der Waals surface area (Å²) in [7, 11) is -3.59. The number of nitrogens with zero attached hydrogens (tertiary/aromatic N) is 1. The standard InChI is InChI=1S/C21H28N2O3S2/c1-4-20(23(28(3,25)26)19-12-10-17(2)11-13-19)21(24)22-14-15-27-16-18-8-6-5-7-9-18/h5-13,20H,4,14-16H2,1-3H3,(H,22,24)/t20-/m1/s1. The predicted octanol–water partition coefficient (Wildman–Crippen LogP) is 3.59. The Morgan fingerprint density at radius 2 is 1.75 bits per heavy atom. The SMILES string of the molecule is CC[C@H](C(=O)NCCSCc1ccccc1)N(c1ccc(C)cc1)S(C)(=O)=O. The maximum Gasteiger partial charge on any atom is 0.243 e. The van der Waals surface area contributed by atoms with Crippen LogP contribution >= 0.6 is 11.8 Å². The van der Waals surface area contributed by atoms with Gasteiger partial charge < -0.3 is 5.32 Å². The second-order valence-corrected chi connectivity index (χ2v) is 9.61. The second kappa shape index (κ2) is 10.5. The summed E-state index contributed by atoms with van der Waals surface area (Å²) >= 11 is 1.73. The summed E-state index contributed by atoms with van der Waals surface area (Å²) in [5.74, 6) is 1.38. The van der Waals surface area contributed by atoms with Crippen molar-refractivity contribution >= 4 is 33.4 Å². The van der Waals surface area contributed by atoms with Gasteiger partial charge in [0.05, 0.1) is 11.9 Å². The van der Waals surface area contributed by atoms with Gasteiger partial charge in [-0.05, 0) is 31.0 Å². The maximum atomic E-state index is 12.7. The zero-order chi connectivity index (χ0) is 20.6. The third-order valence-electron chi connectivity index (χ3n) is 4.28. The highest BCUT2D eigenvalue weighted by atomic mass is 32.2. The van der Waals surface area contributed by atoms with E-state index in [-0.39, 0.29) is 5.91 Å². The van der Waals surface area contributed by atoms with Gasteiger partial charge in [-0.15, -0.1) is 0 Å². The van der Waals surface area contributed by atoms with E-state index in [1.54, 1.807) is 23.9 Å². The molecule has 152 valence electrons. The quantitative estimate of drug-likeness (QED) is 0.597. The smallest absolute Gasteiger partial charge is 0.243 e. The number of thioether (sulfide) groups is 1. The van der Waals surface area contributed by atoms with Crippen LogP contribution in [0.25, 0.3) is 0 Å². The van der Waals surface area contributed by atoms with Crippen molar-refractivity contribution in [3.63, 3.8) is 0 Å². The fourth-order valence-corrected chi connectivity index (χ4v) is 4.91. The molecule has 2 rings (SSSR count).